The average Bonchev–Trinajstić information content (AvgIpc) is 2.75. The molecule has 0 spiro atoms. The largest absolute Gasteiger partial charge is 0.399 e. The number of halogens is 1. The molecule has 1 amide bonds. The summed E-state index contributed by atoms with van der Waals surface area (Å²) in [5.74, 6) is -1.14. The van der Waals surface area contributed by atoms with Crippen molar-refractivity contribution in [1.82, 2.24) is 0 Å². The fraction of sp³-hybridized carbons (Fsp3) is 0.167. The number of carbonyl (C=O) groups excluding carboxylic acids is 1. The summed E-state index contributed by atoms with van der Waals surface area (Å²) in [4.78, 5) is 13.3. The Labute approximate surface area is 193 Å². The van der Waals surface area contributed by atoms with E-state index in [2.05, 4.69) is 12.2 Å². The highest BCUT2D eigenvalue weighted by Crippen LogP contribution is 2.41. The van der Waals surface area contributed by atoms with Crippen molar-refractivity contribution in [2.24, 2.45) is 0 Å². The predicted octanol–water partition coefficient (Wildman–Crippen LogP) is 4.67. The zero-order valence-corrected chi connectivity index (χ0v) is 19.2. The second-order valence-corrected chi connectivity index (χ2v) is 10.1. The van der Waals surface area contributed by atoms with E-state index in [1.54, 1.807) is 74.5 Å². The number of rotatable bonds is 4. The molecular weight excluding hydrogens is 446 g/mol. The molecule has 3 aromatic carbocycles. The molecule has 3 N–H and O–H groups in total. The SMILES string of the molecule is [CH2]C(c1ccc(N)cc1)[C@@H]1C(=O)Nc2ccccc2N1S(=O)(=O)c1cc(C)c(Cl)cc1C. The van der Waals surface area contributed by atoms with Crippen molar-refractivity contribution in [3.63, 3.8) is 0 Å². The highest BCUT2D eigenvalue weighted by atomic mass is 35.5. The first-order valence-electron chi connectivity index (χ1n) is 10.0. The minimum Gasteiger partial charge on any atom is -0.399 e. The van der Waals surface area contributed by atoms with Crippen molar-refractivity contribution in [3.8, 4) is 0 Å². The summed E-state index contributed by atoms with van der Waals surface area (Å²) in [5.41, 5.74) is 8.99. The number of nitrogens with two attached hydrogens (primary N) is 1. The molecule has 1 aliphatic heterocycles. The zero-order chi connectivity index (χ0) is 23.2. The van der Waals surface area contributed by atoms with Gasteiger partial charge in [0, 0.05) is 16.6 Å². The normalized spacial score (nSPS) is 16.9. The Kier molecular flexibility index (Phi) is 5.65. The van der Waals surface area contributed by atoms with Crippen LogP contribution in [0.15, 0.2) is 65.6 Å². The van der Waals surface area contributed by atoms with E-state index in [1.807, 2.05) is 0 Å². The van der Waals surface area contributed by atoms with Gasteiger partial charge in [-0.05, 0) is 73.9 Å². The topological polar surface area (TPSA) is 92.5 Å². The van der Waals surface area contributed by atoms with Crippen LogP contribution >= 0.6 is 11.6 Å². The summed E-state index contributed by atoms with van der Waals surface area (Å²) in [6.07, 6.45) is 0. The maximum absolute atomic E-state index is 14.0. The van der Waals surface area contributed by atoms with E-state index >= 15 is 0 Å². The molecule has 8 heteroatoms. The highest BCUT2D eigenvalue weighted by molar-refractivity contribution is 7.93. The van der Waals surface area contributed by atoms with Gasteiger partial charge in [-0.2, -0.15) is 0 Å². The zero-order valence-electron chi connectivity index (χ0n) is 17.7. The van der Waals surface area contributed by atoms with Gasteiger partial charge in [0.25, 0.3) is 10.0 Å². The smallest absolute Gasteiger partial charge is 0.265 e. The number of hydrogen-bond acceptors (Lipinski definition) is 4. The van der Waals surface area contributed by atoms with Gasteiger partial charge in [0.1, 0.15) is 6.04 Å². The van der Waals surface area contributed by atoms with E-state index < -0.39 is 27.9 Å². The first-order chi connectivity index (χ1) is 15.1. The number of nitrogens with one attached hydrogen (secondary N) is 1. The van der Waals surface area contributed by atoms with Gasteiger partial charge in [-0.25, -0.2) is 8.42 Å². The third-order valence-corrected chi connectivity index (χ3v) is 8.00. The van der Waals surface area contributed by atoms with E-state index in [9.17, 15) is 13.2 Å². The Morgan fingerprint density at radius 3 is 2.41 bits per heavy atom. The summed E-state index contributed by atoms with van der Waals surface area (Å²) in [6, 6.07) is 15.8. The Hall–Kier alpha value is -3.03. The number of benzene rings is 3. The molecule has 3 aromatic rings. The van der Waals surface area contributed by atoms with Crippen LogP contribution in [0.2, 0.25) is 5.02 Å². The molecule has 0 saturated carbocycles. The number of anilines is 3. The standard InChI is InChI=1S/C24H23ClN3O3S/c1-14-13-22(15(2)12-19(14)25)32(30,31)28-21-7-5-4-6-20(21)27-24(29)23(28)16(3)17-8-10-18(26)11-9-17/h4-13,16,23H,3,26H2,1-2H3,(H,27,29)/t16?,23-/m1/s1. The van der Waals surface area contributed by atoms with E-state index in [0.717, 1.165) is 0 Å². The molecule has 0 saturated heterocycles. The van der Waals surface area contributed by atoms with Gasteiger partial charge in [-0.3, -0.25) is 9.10 Å². The number of fused-ring (bicyclic) bond motifs is 1. The van der Waals surface area contributed by atoms with E-state index in [-0.39, 0.29) is 4.90 Å². The van der Waals surface area contributed by atoms with Crippen LogP contribution in [-0.4, -0.2) is 20.4 Å². The Morgan fingerprint density at radius 1 is 1.06 bits per heavy atom. The summed E-state index contributed by atoms with van der Waals surface area (Å²) < 4.78 is 29.3. The van der Waals surface area contributed by atoms with Crippen molar-refractivity contribution in [1.29, 1.82) is 0 Å². The third-order valence-electron chi connectivity index (χ3n) is 5.66. The monoisotopic (exact) mass is 468 g/mol. The second kappa shape index (κ2) is 8.15. The summed E-state index contributed by atoms with van der Waals surface area (Å²) in [6.45, 7) is 7.60. The lowest BCUT2D eigenvalue weighted by Gasteiger charge is -2.40. The van der Waals surface area contributed by atoms with Gasteiger partial charge < -0.3 is 11.1 Å². The van der Waals surface area contributed by atoms with Crippen molar-refractivity contribution in [2.75, 3.05) is 15.4 Å². The number of hydrogen-bond donors (Lipinski definition) is 2. The number of amides is 1. The number of aryl methyl sites for hydroxylation is 2. The summed E-state index contributed by atoms with van der Waals surface area (Å²) in [5, 5.41) is 3.31. The van der Waals surface area contributed by atoms with Gasteiger partial charge in [-0.15, -0.1) is 0 Å². The van der Waals surface area contributed by atoms with Crippen molar-refractivity contribution in [2.45, 2.75) is 30.7 Å². The fourth-order valence-corrected chi connectivity index (χ4v) is 6.10. The molecule has 0 bridgehead atoms. The van der Waals surface area contributed by atoms with Crippen molar-refractivity contribution in [3.05, 3.63) is 89.3 Å². The maximum atomic E-state index is 14.0. The van der Waals surface area contributed by atoms with Gasteiger partial charge in [-0.1, -0.05) is 35.9 Å². The molecule has 165 valence electrons. The number of nitrogens with zero attached hydrogens (tertiary/aromatic N) is 1. The Balaban J connectivity index is 1.93. The molecule has 4 rings (SSSR count). The number of sulfonamides is 1. The molecular formula is C24H23ClN3O3S. The second-order valence-electron chi connectivity index (χ2n) is 7.89. The van der Waals surface area contributed by atoms with Crippen molar-refractivity contribution < 1.29 is 13.2 Å². The molecule has 0 aliphatic carbocycles. The van der Waals surface area contributed by atoms with Crippen LogP contribution in [0.25, 0.3) is 0 Å². The molecule has 1 unspecified atom stereocenters. The minimum atomic E-state index is -4.14. The summed E-state index contributed by atoms with van der Waals surface area (Å²) >= 11 is 6.21. The molecule has 2 atom stereocenters. The van der Waals surface area contributed by atoms with E-state index in [4.69, 9.17) is 17.3 Å². The number of para-hydroxylation sites is 2. The van der Waals surface area contributed by atoms with E-state index in [0.29, 0.717) is 38.8 Å². The predicted molar refractivity (Wildman–Crippen MR) is 128 cm³/mol. The Bertz CT molecular complexity index is 1310. The third kappa shape index (κ3) is 3.72. The maximum Gasteiger partial charge on any atom is 0.265 e. The van der Waals surface area contributed by atoms with E-state index in [1.165, 1.54) is 4.31 Å². The molecule has 0 aromatic heterocycles. The first kappa shape index (κ1) is 22.2. The van der Waals surface area contributed by atoms with Gasteiger partial charge in [0.05, 0.1) is 16.3 Å². The Morgan fingerprint density at radius 2 is 1.72 bits per heavy atom. The first-order valence-corrected chi connectivity index (χ1v) is 11.8. The number of nitrogen functional groups attached to an aromatic ring is 1. The molecule has 1 aliphatic rings. The van der Waals surface area contributed by atoms with Crippen LogP contribution in [0.1, 0.15) is 22.6 Å². The summed E-state index contributed by atoms with van der Waals surface area (Å²) in [7, 11) is -4.14. The van der Waals surface area contributed by atoms with Crippen LogP contribution in [0.3, 0.4) is 0 Å². The van der Waals surface area contributed by atoms with Crippen LogP contribution in [0, 0.1) is 20.8 Å². The fourth-order valence-electron chi connectivity index (χ4n) is 3.92. The lowest BCUT2D eigenvalue weighted by Crippen LogP contribution is -2.53. The van der Waals surface area contributed by atoms with Gasteiger partial charge in [0.15, 0.2) is 0 Å². The lowest BCUT2D eigenvalue weighted by atomic mass is 9.91. The van der Waals surface area contributed by atoms with Crippen LogP contribution in [-0.2, 0) is 14.8 Å². The molecule has 1 radical (unpaired) electrons. The van der Waals surface area contributed by atoms with Crippen LogP contribution in [0.5, 0.6) is 0 Å². The molecule has 0 fully saturated rings. The van der Waals surface area contributed by atoms with Crippen LogP contribution < -0.4 is 15.4 Å². The lowest BCUT2D eigenvalue weighted by molar-refractivity contribution is -0.117. The average molecular weight is 469 g/mol. The van der Waals surface area contributed by atoms with Gasteiger partial charge >= 0.3 is 0 Å². The number of carbonyl (C=O) groups is 1. The molecule has 1 heterocycles. The molecule has 32 heavy (non-hydrogen) atoms. The van der Waals surface area contributed by atoms with Crippen molar-refractivity contribution >= 4 is 44.6 Å². The highest BCUT2D eigenvalue weighted by Gasteiger charge is 2.44. The molecule has 6 nitrogen and oxygen atoms in total. The minimum absolute atomic E-state index is 0.0957. The van der Waals surface area contributed by atoms with Gasteiger partial charge in [0.2, 0.25) is 5.91 Å². The quantitative estimate of drug-likeness (QED) is 0.544. The van der Waals surface area contributed by atoms with Crippen LogP contribution in [0.4, 0.5) is 17.1 Å².